The number of allylic oxidation sites excluding steroid dienone is 1. The van der Waals surface area contributed by atoms with Gasteiger partial charge in [-0.2, -0.15) is 0 Å². The summed E-state index contributed by atoms with van der Waals surface area (Å²) in [6, 6.07) is 23.3. The summed E-state index contributed by atoms with van der Waals surface area (Å²) >= 11 is 0. The van der Waals surface area contributed by atoms with E-state index in [9.17, 15) is 15.0 Å². The van der Waals surface area contributed by atoms with Gasteiger partial charge in [-0.05, 0) is 49.1 Å². The quantitative estimate of drug-likeness (QED) is 0.452. The Bertz CT molecular complexity index is 1080. The summed E-state index contributed by atoms with van der Waals surface area (Å²) in [7, 11) is 0. The summed E-state index contributed by atoms with van der Waals surface area (Å²) in [5.41, 5.74) is 5.74. The van der Waals surface area contributed by atoms with Crippen LogP contribution >= 0.6 is 0 Å². The van der Waals surface area contributed by atoms with Crippen LogP contribution in [0.5, 0.6) is 0 Å². The van der Waals surface area contributed by atoms with Gasteiger partial charge in [-0.1, -0.05) is 79.7 Å². The van der Waals surface area contributed by atoms with E-state index in [1.54, 1.807) is 0 Å². The molecule has 0 aliphatic carbocycles. The topological polar surface area (TPSA) is 109 Å². The fourth-order valence-electron chi connectivity index (χ4n) is 3.79. The molecular formula is C29H38N2O4. The lowest BCUT2D eigenvalue weighted by molar-refractivity contribution is -0.438. The Morgan fingerprint density at radius 1 is 1.03 bits per heavy atom. The summed E-state index contributed by atoms with van der Waals surface area (Å²) in [6.45, 7) is 9.88. The average molecular weight is 479 g/mol. The molecular weight excluding hydrogens is 440 g/mol. The predicted molar refractivity (Wildman–Crippen MR) is 138 cm³/mol. The summed E-state index contributed by atoms with van der Waals surface area (Å²) < 4.78 is 5.46. The zero-order valence-corrected chi connectivity index (χ0v) is 21.2. The molecule has 3 aromatic carbocycles. The lowest BCUT2D eigenvalue weighted by Gasteiger charge is -2.29. The molecule has 1 amide bonds. The molecule has 6 heteroatoms. The second kappa shape index (κ2) is 12.9. The van der Waals surface area contributed by atoms with E-state index in [4.69, 9.17) is 4.74 Å². The van der Waals surface area contributed by atoms with Gasteiger partial charge in [0, 0.05) is 6.42 Å². The molecule has 3 aromatic rings. The normalized spacial score (nSPS) is 13.7. The van der Waals surface area contributed by atoms with E-state index in [2.05, 4.69) is 35.8 Å². The van der Waals surface area contributed by atoms with E-state index < -0.39 is 23.8 Å². The van der Waals surface area contributed by atoms with Gasteiger partial charge >= 0.3 is 6.09 Å². The number of quaternary nitrogens is 1. The van der Waals surface area contributed by atoms with E-state index in [1.165, 1.54) is 6.92 Å². The van der Waals surface area contributed by atoms with Gasteiger partial charge in [0.1, 0.15) is 17.7 Å². The molecule has 3 atom stereocenters. The summed E-state index contributed by atoms with van der Waals surface area (Å²) in [4.78, 5) is 12.5. The van der Waals surface area contributed by atoms with Crippen molar-refractivity contribution in [3.05, 3.63) is 96.3 Å². The van der Waals surface area contributed by atoms with Crippen LogP contribution in [0.1, 0.15) is 38.8 Å². The minimum absolute atomic E-state index is 0.0833. The largest absolute Gasteiger partial charge is 0.876 e. The van der Waals surface area contributed by atoms with Crippen LogP contribution < -0.4 is 16.2 Å². The van der Waals surface area contributed by atoms with Crippen molar-refractivity contribution < 1.29 is 25.5 Å². The van der Waals surface area contributed by atoms with E-state index in [0.29, 0.717) is 12.8 Å². The first-order valence-electron chi connectivity index (χ1n) is 11.8. The smallest absolute Gasteiger partial charge is 0.407 e. The van der Waals surface area contributed by atoms with Crippen molar-refractivity contribution in [3.63, 3.8) is 0 Å². The van der Waals surface area contributed by atoms with Gasteiger partial charge < -0.3 is 26.0 Å². The van der Waals surface area contributed by atoms with Crippen LogP contribution in [0.2, 0.25) is 0 Å². The number of fused-ring (bicyclic) bond motifs is 1. The van der Waals surface area contributed by atoms with Crippen LogP contribution in [0, 0.1) is 0 Å². The predicted octanol–water partition coefficient (Wildman–Crippen LogP) is 3.37. The molecule has 0 bridgehead atoms. The zero-order chi connectivity index (χ0) is 26.0. The number of carbonyl (C=O) groups excluding carboxylic acids is 1. The van der Waals surface area contributed by atoms with Gasteiger partial charge in [0.05, 0.1) is 6.04 Å². The highest BCUT2D eigenvalue weighted by atomic mass is 16.6. The minimum Gasteiger partial charge on any atom is -0.876 e. The standard InChI is InChI=1S/C26H32N2O3.C3H6O/c1-26(2,3)31-25(30)28-23(24(29)22(27)16-18-10-5-4-6-11-18)17-20-14-9-13-19-12-7-8-15-21(19)20;1-3(2)4/h4-15,22-24,29H,16-17,27H2,1-3H3,(H,28,30);4H,1H2,2H3/t22-,23-,24+;/m1./s1. The van der Waals surface area contributed by atoms with Crippen LogP contribution in [0.4, 0.5) is 4.79 Å². The number of amides is 1. The average Bonchev–Trinajstić information content (AvgIpc) is 2.77. The van der Waals surface area contributed by atoms with E-state index in [0.717, 1.165) is 21.9 Å². The van der Waals surface area contributed by atoms with Crippen molar-refractivity contribution in [3.8, 4) is 0 Å². The highest BCUT2D eigenvalue weighted by Crippen LogP contribution is 2.21. The summed E-state index contributed by atoms with van der Waals surface area (Å²) in [5, 5.41) is 25.7. The van der Waals surface area contributed by atoms with Crippen LogP contribution in [0.15, 0.2) is 85.1 Å². The number of carbonyl (C=O) groups is 1. The van der Waals surface area contributed by atoms with Crippen molar-refractivity contribution in [2.24, 2.45) is 0 Å². The number of aliphatic hydroxyl groups is 1. The summed E-state index contributed by atoms with van der Waals surface area (Å²) in [5.74, 6) is -0.0833. The number of hydrogen-bond acceptors (Lipinski definition) is 4. The van der Waals surface area contributed by atoms with Gasteiger partial charge in [-0.3, -0.25) is 0 Å². The molecule has 0 fully saturated rings. The molecule has 0 aliphatic heterocycles. The fraction of sp³-hybridized carbons (Fsp3) is 0.345. The zero-order valence-electron chi connectivity index (χ0n) is 21.2. The van der Waals surface area contributed by atoms with Crippen molar-refractivity contribution in [2.45, 2.75) is 64.3 Å². The number of alkyl carbamates (subject to hydrolysis) is 1. The first kappa shape index (κ1) is 27.9. The Kier molecular flexibility index (Phi) is 10.3. The van der Waals surface area contributed by atoms with Crippen LogP contribution in [0.3, 0.4) is 0 Å². The summed E-state index contributed by atoms with van der Waals surface area (Å²) in [6.07, 6.45) is -0.289. The molecule has 0 radical (unpaired) electrons. The van der Waals surface area contributed by atoms with E-state index >= 15 is 0 Å². The Morgan fingerprint density at radius 3 is 2.23 bits per heavy atom. The molecule has 0 aromatic heterocycles. The van der Waals surface area contributed by atoms with Gasteiger partial charge in [-0.15, -0.1) is 12.3 Å². The van der Waals surface area contributed by atoms with Gasteiger partial charge in [0.25, 0.3) is 0 Å². The maximum absolute atomic E-state index is 12.5. The van der Waals surface area contributed by atoms with E-state index in [-0.39, 0.29) is 11.8 Å². The van der Waals surface area contributed by atoms with Crippen LogP contribution in [-0.2, 0) is 17.6 Å². The molecule has 0 saturated heterocycles. The highest BCUT2D eigenvalue weighted by Gasteiger charge is 2.31. The molecule has 0 spiro atoms. The van der Waals surface area contributed by atoms with E-state index in [1.807, 2.05) is 75.4 Å². The molecule has 3 rings (SSSR count). The lowest BCUT2D eigenvalue weighted by atomic mass is 9.91. The Labute approximate surface area is 208 Å². The molecule has 5 N–H and O–H groups in total. The van der Waals surface area contributed by atoms with Crippen molar-refractivity contribution in [2.75, 3.05) is 0 Å². The number of hydrogen-bond donors (Lipinski definition) is 3. The number of ether oxygens (including phenoxy) is 1. The monoisotopic (exact) mass is 478 g/mol. The minimum atomic E-state index is -0.841. The molecule has 0 heterocycles. The molecule has 0 unspecified atom stereocenters. The number of rotatable bonds is 7. The van der Waals surface area contributed by atoms with Crippen LogP contribution in [-0.4, -0.2) is 35.0 Å². The Hall–Kier alpha value is -3.35. The molecule has 6 nitrogen and oxygen atoms in total. The molecule has 0 aliphatic rings. The maximum Gasteiger partial charge on any atom is 0.407 e. The van der Waals surface area contributed by atoms with Gasteiger partial charge in [0.2, 0.25) is 0 Å². The maximum atomic E-state index is 12.5. The lowest BCUT2D eigenvalue weighted by Crippen LogP contribution is -2.71. The van der Waals surface area contributed by atoms with Gasteiger partial charge in [-0.25, -0.2) is 4.79 Å². The van der Waals surface area contributed by atoms with Gasteiger partial charge in [0.15, 0.2) is 0 Å². The second-order valence-electron chi connectivity index (χ2n) is 9.74. The molecule has 188 valence electrons. The van der Waals surface area contributed by atoms with Crippen LogP contribution in [0.25, 0.3) is 10.8 Å². The Morgan fingerprint density at radius 2 is 1.60 bits per heavy atom. The van der Waals surface area contributed by atoms with Crippen molar-refractivity contribution >= 4 is 16.9 Å². The molecule has 35 heavy (non-hydrogen) atoms. The first-order chi connectivity index (χ1) is 16.5. The van der Waals surface area contributed by atoms with Crippen molar-refractivity contribution in [1.82, 2.24) is 5.32 Å². The number of aliphatic hydroxyl groups excluding tert-OH is 1. The SMILES string of the molecule is C=C(C)[O-].CC(C)(C)OC(=O)N[C@H](Cc1cccc2ccccc12)[C@@H](O)[C@H]([NH3+])Cc1ccccc1. The Balaban J connectivity index is 0.00000100. The fourth-order valence-corrected chi connectivity index (χ4v) is 3.79. The third-order valence-corrected chi connectivity index (χ3v) is 5.26. The number of benzene rings is 3. The third kappa shape index (κ3) is 9.81. The third-order valence-electron chi connectivity index (χ3n) is 5.26. The number of nitrogens with one attached hydrogen (secondary N) is 1. The first-order valence-corrected chi connectivity index (χ1v) is 11.8. The van der Waals surface area contributed by atoms with Crippen molar-refractivity contribution in [1.29, 1.82) is 0 Å². The highest BCUT2D eigenvalue weighted by molar-refractivity contribution is 5.85. The second-order valence-corrected chi connectivity index (χ2v) is 9.74. The molecule has 0 saturated carbocycles.